The molecule has 1 aliphatic carbocycles. The summed E-state index contributed by atoms with van der Waals surface area (Å²) in [4.78, 5) is 29.5. The Kier molecular flexibility index (Phi) is 6.32. The topological polar surface area (TPSA) is 45.6 Å². The molecule has 0 N–H and O–H groups in total. The Morgan fingerprint density at radius 3 is 2.41 bits per heavy atom. The summed E-state index contributed by atoms with van der Waals surface area (Å²) in [6.07, 6.45) is 5.30. The normalized spacial score (nSPS) is 13.4. The minimum atomic E-state index is 0.0195. The van der Waals surface area contributed by atoms with E-state index in [2.05, 4.69) is 0 Å². The summed E-state index contributed by atoms with van der Waals surface area (Å²) < 4.78 is 2.05. The van der Waals surface area contributed by atoms with Gasteiger partial charge in [0.05, 0.1) is 19.5 Å². The minimum Gasteiger partial charge on any atom is -0.353 e. The monoisotopic (exact) mass is 367 g/mol. The van der Waals surface area contributed by atoms with E-state index in [1.165, 1.54) is 0 Å². The molecule has 1 aliphatic rings. The highest BCUT2D eigenvalue weighted by molar-refractivity contribution is 5.86. The summed E-state index contributed by atoms with van der Waals surface area (Å²) in [7, 11) is 2.00. The maximum absolute atomic E-state index is 13.0. The highest BCUT2D eigenvalue weighted by atomic mass is 16.2. The second-order valence-electron chi connectivity index (χ2n) is 7.34. The number of hydrogen-bond donors (Lipinski definition) is 0. The first-order valence-corrected chi connectivity index (χ1v) is 9.80. The van der Waals surface area contributed by atoms with Crippen LogP contribution in [0.1, 0.15) is 37.4 Å². The van der Waals surface area contributed by atoms with E-state index in [0.717, 1.165) is 30.5 Å². The van der Waals surface area contributed by atoms with Crippen molar-refractivity contribution >= 4 is 11.8 Å². The van der Waals surface area contributed by atoms with Crippen molar-refractivity contribution in [1.29, 1.82) is 0 Å². The summed E-state index contributed by atoms with van der Waals surface area (Å²) in [6, 6.07) is 14.1. The van der Waals surface area contributed by atoms with Gasteiger partial charge < -0.3 is 14.4 Å². The van der Waals surface area contributed by atoms with Gasteiger partial charge in [-0.1, -0.05) is 37.3 Å². The summed E-state index contributed by atoms with van der Waals surface area (Å²) in [5.41, 5.74) is 2.10. The van der Waals surface area contributed by atoms with Gasteiger partial charge in [-0.15, -0.1) is 0 Å². The Morgan fingerprint density at radius 1 is 1.07 bits per heavy atom. The van der Waals surface area contributed by atoms with Crippen LogP contribution in [0.5, 0.6) is 0 Å². The second kappa shape index (κ2) is 8.89. The van der Waals surface area contributed by atoms with Crippen LogP contribution in [0.15, 0.2) is 48.7 Å². The average molecular weight is 367 g/mol. The van der Waals surface area contributed by atoms with E-state index in [9.17, 15) is 9.59 Å². The van der Waals surface area contributed by atoms with Crippen LogP contribution in [0, 0.1) is 0 Å². The molecule has 0 saturated heterocycles. The molecule has 0 aliphatic heterocycles. The molecule has 3 rings (SSSR count). The summed E-state index contributed by atoms with van der Waals surface area (Å²) in [6.45, 7) is 3.43. The minimum absolute atomic E-state index is 0.0195. The Labute approximate surface area is 161 Å². The molecule has 27 heavy (non-hydrogen) atoms. The summed E-state index contributed by atoms with van der Waals surface area (Å²) in [5, 5.41) is 0. The molecule has 0 spiro atoms. The van der Waals surface area contributed by atoms with Gasteiger partial charge in [-0.3, -0.25) is 9.59 Å². The molecule has 1 aromatic heterocycles. The van der Waals surface area contributed by atoms with Crippen LogP contribution in [0.25, 0.3) is 0 Å². The Balaban J connectivity index is 1.65. The van der Waals surface area contributed by atoms with Crippen molar-refractivity contribution in [3.63, 3.8) is 0 Å². The van der Waals surface area contributed by atoms with Crippen molar-refractivity contribution < 1.29 is 9.59 Å². The Hall–Kier alpha value is -2.56. The first-order valence-electron chi connectivity index (χ1n) is 9.80. The van der Waals surface area contributed by atoms with Crippen LogP contribution in [0.4, 0.5) is 0 Å². The summed E-state index contributed by atoms with van der Waals surface area (Å²) in [5.74, 6) is 0.0691. The maximum atomic E-state index is 13.0. The number of benzene rings is 1. The van der Waals surface area contributed by atoms with E-state index < -0.39 is 0 Å². The molecule has 0 bridgehead atoms. The predicted octanol–water partition coefficient (Wildman–Crippen LogP) is 3.00. The van der Waals surface area contributed by atoms with Gasteiger partial charge in [0, 0.05) is 31.5 Å². The number of carbonyl (C=O) groups excluding carboxylic acids is 2. The lowest BCUT2D eigenvalue weighted by Crippen LogP contribution is -2.44. The molecule has 5 nitrogen and oxygen atoms in total. The fourth-order valence-electron chi connectivity index (χ4n) is 3.34. The van der Waals surface area contributed by atoms with E-state index in [1.807, 2.05) is 72.1 Å². The van der Waals surface area contributed by atoms with E-state index in [1.54, 1.807) is 4.90 Å². The number of amides is 2. The first-order chi connectivity index (χ1) is 13.1. The quantitative estimate of drug-likeness (QED) is 0.684. The van der Waals surface area contributed by atoms with E-state index in [0.29, 0.717) is 25.6 Å². The SMILES string of the molecule is CCCN(CC(=O)N(Cc1cccn1C)C1CC1)C(=O)Cc1ccccc1. The molecule has 1 aromatic carbocycles. The third kappa shape index (κ3) is 5.22. The van der Waals surface area contributed by atoms with E-state index in [4.69, 9.17) is 0 Å². The molecule has 1 fully saturated rings. The fourth-order valence-corrected chi connectivity index (χ4v) is 3.34. The second-order valence-corrected chi connectivity index (χ2v) is 7.34. The maximum Gasteiger partial charge on any atom is 0.242 e. The molecular formula is C22H29N3O2. The Morgan fingerprint density at radius 2 is 1.81 bits per heavy atom. The predicted molar refractivity (Wildman–Crippen MR) is 106 cm³/mol. The van der Waals surface area contributed by atoms with Crippen molar-refractivity contribution in [2.75, 3.05) is 13.1 Å². The van der Waals surface area contributed by atoms with Crippen molar-refractivity contribution in [2.24, 2.45) is 7.05 Å². The lowest BCUT2D eigenvalue weighted by molar-refractivity contribution is -0.141. The molecule has 0 radical (unpaired) electrons. The largest absolute Gasteiger partial charge is 0.353 e. The first kappa shape index (κ1) is 19.2. The highest BCUT2D eigenvalue weighted by Crippen LogP contribution is 2.28. The number of carbonyl (C=O) groups is 2. The zero-order valence-electron chi connectivity index (χ0n) is 16.3. The number of hydrogen-bond acceptors (Lipinski definition) is 2. The molecule has 1 heterocycles. The number of aryl methyl sites for hydroxylation is 1. The van der Waals surface area contributed by atoms with Crippen LogP contribution in [0.2, 0.25) is 0 Å². The summed E-state index contributed by atoms with van der Waals surface area (Å²) >= 11 is 0. The van der Waals surface area contributed by atoms with Gasteiger partial charge >= 0.3 is 0 Å². The zero-order chi connectivity index (χ0) is 19.2. The molecule has 0 atom stereocenters. The Bertz CT molecular complexity index is 765. The standard InChI is InChI=1S/C22H29N3O2/c1-3-13-24(21(26)15-18-8-5-4-6-9-18)17-22(27)25(19-11-12-19)16-20-10-7-14-23(20)2/h4-10,14,19H,3,11-13,15-17H2,1-2H3. The lowest BCUT2D eigenvalue weighted by Gasteiger charge is -2.28. The number of rotatable bonds is 9. The van der Waals surface area contributed by atoms with Gasteiger partial charge in [-0.25, -0.2) is 0 Å². The van der Waals surface area contributed by atoms with Crippen molar-refractivity contribution in [3.05, 3.63) is 59.9 Å². The zero-order valence-corrected chi connectivity index (χ0v) is 16.3. The molecule has 5 heteroatoms. The average Bonchev–Trinajstić information content (AvgIpc) is 3.42. The molecule has 2 aromatic rings. The smallest absolute Gasteiger partial charge is 0.242 e. The number of aromatic nitrogens is 1. The fraction of sp³-hybridized carbons (Fsp3) is 0.455. The van der Waals surface area contributed by atoms with Gasteiger partial charge in [-0.05, 0) is 37.0 Å². The van der Waals surface area contributed by atoms with E-state index >= 15 is 0 Å². The van der Waals surface area contributed by atoms with Crippen LogP contribution < -0.4 is 0 Å². The lowest BCUT2D eigenvalue weighted by atomic mass is 10.1. The molecular weight excluding hydrogens is 338 g/mol. The van der Waals surface area contributed by atoms with Crippen LogP contribution >= 0.6 is 0 Å². The number of nitrogens with zero attached hydrogens (tertiary/aromatic N) is 3. The highest BCUT2D eigenvalue weighted by Gasteiger charge is 2.34. The van der Waals surface area contributed by atoms with Crippen molar-refractivity contribution in [1.82, 2.24) is 14.4 Å². The van der Waals surface area contributed by atoms with Crippen molar-refractivity contribution in [3.8, 4) is 0 Å². The van der Waals surface area contributed by atoms with Gasteiger partial charge in [-0.2, -0.15) is 0 Å². The van der Waals surface area contributed by atoms with Gasteiger partial charge in [0.2, 0.25) is 11.8 Å². The molecule has 0 unspecified atom stereocenters. The van der Waals surface area contributed by atoms with Gasteiger partial charge in [0.25, 0.3) is 0 Å². The molecule has 144 valence electrons. The van der Waals surface area contributed by atoms with Crippen LogP contribution in [-0.4, -0.2) is 45.3 Å². The molecule has 2 amide bonds. The van der Waals surface area contributed by atoms with Crippen LogP contribution in [0.3, 0.4) is 0 Å². The van der Waals surface area contributed by atoms with Crippen LogP contribution in [-0.2, 0) is 29.6 Å². The van der Waals surface area contributed by atoms with Gasteiger partial charge in [0.1, 0.15) is 0 Å². The van der Waals surface area contributed by atoms with Gasteiger partial charge in [0.15, 0.2) is 0 Å². The van der Waals surface area contributed by atoms with E-state index in [-0.39, 0.29) is 18.4 Å². The van der Waals surface area contributed by atoms with Crippen molar-refractivity contribution in [2.45, 2.75) is 45.2 Å². The third-order valence-corrected chi connectivity index (χ3v) is 5.06. The third-order valence-electron chi connectivity index (χ3n) is 5.06. The molecule has 1 saturated carbocycles.